The highest BCUT2D eigenvalue weighted by Gasteiger charge is 2.36. The van der Waals surface area contributed by atoms with Crippen molar-refractivity contribution in [1.82, 2.24) is 9.80 Å². The lowest BCUT2D eigenvalue weighted by atomic mass is 10.1. The molecule has 32 heavy (non-hydrogen) atoms. The Morgan fingerprint density at radius 3 is 2.44 bits per heavy atom. The van der Waals surface area contributed by atoms with Crippen LogP contribution in [0.5, 0.6) is 0 Å². The van der Waals surface area contributed by atoms with Gasteiger partial charge in [0, 0.05) is 43.2 Å². The number of amides is 2. The molecule has 2 aliphatic heterocycles. The first-order valence-corrected chi connectivity index (χ1v) is 11.7. The molecule has 0 bridgehead atoms. The Balaban J connectivity index is 1.29. The fourth-order valence-corrected chi connectivity index (χ4v) is 5.41. The standard InChI is InChI=1S/C25H24FN3O2S/c26-20-8-3-4-9-21(20)27-11-13-28(14-12-27)24(30)16-22(23-10-5-15-32-23)29-17-18-6-1-2-7-19(18)25(29)31/h1-10,15,22H,11-14,16-17H2/t22-/m1/s1. The summed E-state index contributed by atoms with van der Waals surface area (Å²) in [5.41, 5.74) is 2.31. The molecule has 2 aliphatic rings. The van der Waals surface area contributed by atoms with Gasteiger partial charge in [0.25, 0.3) is 5.91 Å². The first kappa shape index (κ1) is 20.7. The zero-order chi connectivity index (χ0) is 22.1. The zero-order valence-electron chi connectivity index (χ0n) is 17.6. The number of nitrogens with zero attached hydrogens (tertiary/aromatic N) is 3. The summed E-state index contributed by atoms with van der Waals surface area (Å²) >= 11 is 1.57. The van der Waals surface area contributed by atoms with Crippen LogP contribution in [0.25, 0.3) is 0 Å². The molecule has 0 spiro atoms. The van der Waals surface area contributed by atoms with E-state index in [4.69, 9.17) is 0 Å². The van der Waals surface area contributed by atoms with Crippen molar-refractivity contribution in [3.63, 3.8) is 0 Å². The highest BCUT2D eigenvalue weighted by molar-refractivity contribution is 7.10. The van der Waals surface area contributed by atoms with Crippen LogP contribution in [-0.2, 0) is 11.3 Å². The molecule has 0 saturated carbocycles. The summed E-state index contributed by atoms with van der Waals surface area (Å²) in [6, 6.07) is 18.1. The third-order valence-electron chi connectivity index (χ3n) is 6.29. The Labute approximate surface area is 190 Å². The van der Waals surface area contributed by atoms with E-state index < -0.39 is 0 Å². The Morgan fingerprint density at radius 1 is 0.969 bits per heavy atom. The van der Waals surface area contributed by atoms with Gasteiger partial charge in [0.15, 0.2) is 0 Å². The highest BCUT2D eigenvalue weighted by Crippen LogP contribution is 2.36. The molecule has 7 heteroatoms. The van der Waals surface area contributed by atoms with E-state index in [2.05, 4.69) is 0 Å². The molecule has 0 N–H and O–H groups in total. The number of thiophene rings is 1. The summed E-state index contributed by atoms with van der Waals surface area (Å²) in [4.78, 5) is 33.0. The Morgan fingerprint density at radius 2 is 1.72 bits per heavy atom. The number of carbonyl (C=O) groups is 2. The van der Waals surface area contributed by atoms with E-state index in [0.717, 1.165) is 16.0 Å². The largest absolute Gasteiger partial charge is 0.366 e. The maximum atomic E-state index is 14.1. The normalized spacial score (nSPS) is 16.9. The van der Waals surface area contributed by atoms with Crippen molar-refractivity contribution in [2.45, 2.75) is 19.0 Å². The van der Waals surface area contributed by atoms with Gasteiger partial charge in [-0.2, -0.15) is 0 Å². The van der Waals surface area contributed by atoms with Crippen LogP contribution in [0.15, 0.2) is 66.0 Å². The van der Waals surface area contributed by atoms with Crippen molar-refractivity contribution in [3.05, 3.63) is 87.9 Å². The molecule has 2 amide bonds. The van der Waals surface area contributed by atoms with Gasteiger partial charge in [-0.25, -0.2) is 4.39 Å². The van der Waals surface area contributed by atoms with Gasteiger partial charge in [0.1, 0.15) is 5.82 Å². The van der Waals surface area contributed by atoms with Crippen molar-refractivity contribution in [2.75, 3.05) is 31.1 Å². The van der Waals surface area contributed by atoms with Crippen LogP contribution in [0.1, 0.15) is 33.3 Å². The minimum Gasteiger partial charge on any atom is -0.366 e. The van der Waals surface area contributed by atoms with Crippen molar-refractivity contribution in [2.24, 2.45) is 0 Å². The minimum absolute atomic E-state index is 0.0174. The van der Waals surface area contributed by atoms with Crippen molar-refractivity contribution in [1.29, 1.82) is 0 Å². The SMILES string of the molecule is O=C(C[C@H](c1cccs1)N1Cc2ccccc2C1=O)N1CCN(c2ccccc2F)CC1. The predicted molar refractivity (Wildman–Crippen MR) is 123 cm³/mol. The summed E-state index contributed by atoms with van der Waals surface area (Å²) in [7, 11) is 0. The molecule has 1 aromatic heterocycles. The number of fused-ring (bicyclic) bond motifs is 1. The lowest BCUT2D eigenvalue weighted by molar-refractivity contribution is -0.132. The third-order valence-corrected chi connectivity index (χ3v) is 7.26. The fraction of sp³-hybridized carbons (Fsp3) is 0.280. The zero-order valence-corrected chi connectivity index (χ0v) is 18.4. The quantitative estimate of drug-likeness (QED) is 0.583. The first-order valence-electron chi connectivity index (χ1n) is 10.8. The summed E-state index contributed by atoms with van der Waals surface area (Å²) in [5.74, 6) is -0.228. The lowest BCUT2D eigenvalue weighted by Crippen LogP contribution is -2.49. The predicted octanol–water partition coefficient (Wildman–Crippen LogP) is 4.32. The van der Waals surface area contributed by atoms with E-state index in [0.29, 0.717) is 38.4 Å². The Hall–Kier alpha value is -3.19. The van der Waals surface area contributed by atoms with Crippen LogP contribution in [0.2, 0.25) is 0 Å². The molecule has 3 heterocycles. The van der Waals surface area contributed by atoms with Gasteiger partial charge in [-0.1, -0.05) is 36.4 Å². The van der Waals surface area contributed by atoms with Crippen LogP contribution < -0.4 is 4.90 Å². The number of para-hydroxylation sites is 1. The molecular formula is C25H24FN3O2S. The molecule has 5 nitrogen and oxygen atoms in total. The van der Waals surface area contributed by atoms with Crippen LogP contribution >= 0.6 is 11.3 Å². The van der Waals surface area contributed by atoms with Gasteiger partial charge in [-0.3, -0.25) is 9.59 Å². The lowest BCUT2D eigenvalue weighted by Gasteiger charge is -2.37. The highest BCUT2D eigenvalue weighted by atomic mass is 32.1. The number of anilines is 1. The van der Waals surface area contributed by atoms with E-state index in [1.807, 2.05) is 62.5 Å². The van der Waals surface area contributed by atoms with Crippen LogP contribution in [0.3, 0.4) is 0 Å². The van der Waals surface area contributed by atoms with Gasteiger partial charge in [0.05, 0.1) is 18.2 Å². The summed E-state index contributed by atoms with van der Waals surface area (Å²) in [6.07, 6.45) is 0.250. The number of hydrogen-bond acceptors (Lipinski definition) is 4. The molecule has 2 aromatic carbocycles. The Bertz CT molecular complexity index is 1130. The monoisotopic (exact) mass is 449 g/mol. The Kier molecular flexibility index (Phi) is 5.66. The number of benzene rings is 2. The number of carbonyl (C=O) groups excluding carboxylic acids is 2. The second-order valence-electron chi connectivity index (χ2n) is 8.14. The average Bonchev–Trinajstić information content (AvgIpc) is 3.47. The molecule has 0 unspecified atom stereocenters. The average molecular weight is 450 g/mol. The maximum absolute atomic E-state index is 14.1. The molecule has 3 aromatic rings. The first-order chi connectivity index (χ1) is 15.6. The van der Waals surface area contributed by atoms with Crippen LogP contribution in [-0.4, -0.2) is 47.8 Å². The van der Waals surface area contributed by atoms with Gasteiger partial charge in [-0.15, -0.1) is 11.3 Å². The molecule has 164 valence electrons. The third kappa shape index (κ3) is 3.88. The van der Waals surface area contributed by atoms with E-state index in [-0.39, 0.29) is 30.1 Å². The van der Waals surface area contributed by atoms with E-state index in [1.165, 1.54) is 6.07 Å². The van der Waals surface area contributed by atoms with Crippen molar-refractivity contribution in [3.8, 4) is 0 Å². The molecule has 0 radical (unpaired) electrons. The summed E-state index contributed by atoms with van der Waals surface area (Å²) < 4.78 is 14.1. The van der Waals surface area contributed by atoms with Crippen molar-refractivity contribution >= 4 is 28.8 Å². The van der Waals surface area contributed by atoms with Gasteiger partial charge in [-0.05, 0) is 35.2 Å². The van der Waals surface area contributed by atoms with E-state index >= 15 is 0 Å². The smallest absolute Gasteiger partial charge is 0.255 e. The minimum atomic E-state index is -0.285. The number of hydrogen-bond donors (Lipinski definition) is 0. The van der Waals surface area contributed by atoms with Crippen LogP contribution in [0, 0.1) is 5.82 Å². The van der Waals surface area contributed by atoms with E-state index in [1.54, 1.807) is 23.5 Å². The molecule has 1 saturated heterocycles. The molecule has 5 rings (SSSR count). The molecular weight excluding hydrogens is 425 g/mol. The van der Waals surface area contributed by atoms with Crippen molar-refractivity contribution < 1.29 is 14.0 Å². The van der Waals surface area contributed by atoms with Gasteiger partial charge >= 0.3 is 0 Å². The van der Waals surface area contributed by atoms with Gasteiger partial charge in [0.2, 0.25) is 5.91 Å². The summed E-state index contributed by atoms with van der Waals surface area (Å²) in [6.45, 7) is 2.78. The van der Waals surface area contributed by atoms with Gasteiger partial charge < -0.3 is 14.7 Å². The molecule has 0 aliphatic carbocycles. The topological polar surface area (TPSA) is 43.9 Å². The molecule has 1 atom stereocenters. The molecule has 1 fully saturated rings. The number of piperazine rings is 1. The van der Waals surface area contributed by atoms with Crippen LogP contribution in [0.4, 0.5) is 10.1 Å². The maximum Gasteiger partial charge on any atom is 0.255 e. The number of halogens is 1. The number of rotatable bonds is 5. The fourth-order valence-electron chi connectivity index (χ4n) is 4.57. The van der Waals surface area contributed by atoms with E-state index in [9.17, 15) is 14.0 Å². The second-order valence-corrected chi connectivity index (χ2v) is 9.12. The summed E-state index contributed by atoms with van der Waals surface area (Å²) in [5, 5.41) is 1.98. The second kappa shape index (κ2) is 8.74.